The number of carboxylic acids is 1. The molecule has 1 saturated carbocycles. The van der Waals surface area contributed by atoms with E-state index in [2.05, 4.69) is 28.2 Å². The first-order valence-electron chi connectivity index (χ1n) is 6.43. The van der Waals surface area contributed by atoms with Gasteiger partial charge < -0.3 is 15.3 Å². The minimum atomic E-state index is -1.02. The smallest absolute Gasteiger partial charge is 0.335 e. The van der Waals surface area contributed by atoms with Crippen molar-refractivity contribution in [1.82, 2.24) is 4.90 Å². The second-order valence-corrected chi connectivity index (χ2v) is 6.14. The molecular formula is C14H17BrN2O3. The van der Waals surface area contributed by atoms with Gasteiger partial charge in [0, 0.05) is 18.1 Å². The van der Waals surface area contributed by atoms with Crippen molar-refractivity contribution in [2.24, 2.45) is 11.8 Å². The quantitative estimate of drug-likeness (QED) is 0.883. The third kappa shape index (κ3) is 3.50. The standard InChI is InChI=1S/C14H17BrN2O3/c1-8-5-10(8)7-17(2)14(20)16-12-6-9(13(18)19)3-4-11(12)15/h3-4,6,8,10H,5,7H2,1-2H3,(H,16,20)(H,18,19). The van der Waals surface area contributed by atoms with E-state index in [1.807, 2.05) is 0 Å². The number of anilines is 1. The van der Waals surface area contributed by atoms with E-state index in [9.17, 15) is 9.59 Å². The summed E-state index contributed by atoms with van der Waals surface area (Å²) < 4.78 is 0.657. The van der Waals surface area contributed by atoms with E-state index in [1.54, 1.807) is 18.0 Å². The van der Waals surface area contributed by atoms with Gasteiger partial charge in [0.2, 0.25) is 0 Å². The molecule has 0 saturated heterocycles. The SMILES string of the molecule is CC1CC1CN(C)C(=O)Nc1cc(C(=O)O)ccc1Br. The van der Waals surface area contributed by atoms with E-state index in [0.29, 0.717) is 22.0 Å². The molecule has 108 valence electrons. The highest BCUT2D eigenvalue weighted by atomic mass is 79.9. The summed E-state index contributed by atoms with van der Waals surface area (Å²) in [5.74, 6) is 0.250. The van der Waals surface area contributed by atoms with Crippen LogP contribution in [-0.2, 0) is 0 Å². The summed E-state index contributed by atoms with van der Waals surface area (Å²) in [7, 11) is 1.75. The number of carboxylic acid groups (broad SMARTS) is 1. The summed E-state index contributed by atoms with van der Waals surface area (Å²) in [6.45, 7) is 2.90. The van der Waals surface area contributed by atoms with E-state index < -0.39 is 5.97 Å². The number of aromatic carboxylic acids is 1. The van der Waals surface area contributed by atoms with Crippen molar-refractivity contribution in [1.29, 1.82) is 0 Å². The van der Waals surface area contributed by atoms with Crippen molar-refractivity contribution in [3.8, 4) is 0 Å². The van der Waals surface area contributed by atoms with Crippen LogP contribution >= 0.6 is 15.9 Å². The number of benzene rings is 1. The van der Waals surface area contributed by atoms with Crippen molar-refractivity contribution in [3.05, 3.63) is 28.2 Å². The monoisotopic (exact) mass is 340 g/mol. The number of nitrogens with one attached hydrogen (secondary N) is 1. The number of hydrogen-bond donors (Lipinski definition) is 2. The summed E-state index contributed by atoms with van der Waals surface area (Å²) >= 11 is 3.30. The maximum absolute atomic E-state index is 12.1. The van der Waals surface area contributed by atoms with Crippen LogP contribution in [0.25, 0.3) is 0 Å². The second kappa shape index (κ2) is 5.83. The Labute approximate surface area is 126 Å². The van der Waals surface area contributed by atoms with Gasteiger partial charge in [0.05, 0.1) is 11.3 Å². The Morgan fingerprint density at radius 3 is 2.70 bits per heavy atom. The molecule has 5 nitrogen and oxygen atoms in total. The molecule has 0 aromatic heterocycles. The van der Waals surface area contributed by atoms with Gasteiger partial charge in [0.15, 0.2) is 0 Å². The van der Waals surface area contributed by atoms with Crippen LogP contribution in [0.4, 0.5) is 10.5 Å². The maximum Gasteiger partial charge on any atom is 0.335 e. The molecule has 2 amide bonds. The number of carbonyl (C=O) groups is 2. The lowest BCUT2D eigenvalue weighted by atomic mass is 10.2. The Morgan fingerprint density at radius 2 is 2.15 bits per heavy atom. The van der Waals surface area contributed by atoms with Gasteiger partial charge in [-0.25, -0.2) is 9.59 Å². The highest BCUT2D eigenvalue weighted by Crippen LogP contribution is 2.38. The molecule has 2 N–H and O–H groups in total. The number of nitrogens with zero attached hydrogens (tertiary/aromatic N) is 1. The van der Waals surface area contributed by atoms with Gasteiger partial charge in [-0.3, -0.25) is 0 Å². The molecule has 20 heavy (non-hydrogen) atoms. The molecule has 0 heterocycles. The summed E-state index contributed by atoms with van der Waals surface area (Å²) in [5, 5.41) is 11.7. The van der Waals surface area contributed by atoms with Crippen LogP contribution in [0.2, 0.25) is 0 Å². The minimum absolute atomic E-state index is 0.141. The molecule has 2 rings (SSSR count). The molecule has 0 radical (unpaired) electrons. The Kier molecular flexibility index (Phi) is 4.32. The Hall–Kier alpha value is -1.56. The fourth-order valence-electron chi connectivity index (χ4n) is 2.05. The lowest BCUT2D eigenvalue weighted by Gasteiger charge is -2.18. The summed E-state index contributed by atoms with van der Waals surface area (Å²) in [4.78, 5) is 24.6. The summed E-state index contributed by atoms with van der Waals surface area (Å²) in [6.07, 6.45) is 1.16. The number of carbonyl (C=O) groups excluding carboxylic acids is 1. The van der Waals surface area contributed by atoms with Crippen LogP contribution in [0.15, 0.2) is 22.7 Å². The molecule has 1 aliphatic carbocycles. The van der Waals surface area contributed by atoms with Gasteiger partial charge in [-0.2, -0.15) is 0 Å². The normalized spacial score (nSPS) is 20.4. The molecule has 1 aromatic carbocycles. The number of halogens is 1. The molecule has 0 spiro atoms. The van der Waals surface area contributed by atoms with E-state index in [-0.39, 0.29) is 11.6 Å². The molecule has 0 bridgehead atoms. The van der Waals surface area contributed by atoms with Crippen molar-refractivity contribution in [2.45, 2.75) is 13.3 Å². The highest BCUT2D eigenvalue weighted by molar-refractivity contribution is 9.10. The van der Waals surface area contributed by atoms with Crippen LogP contribution in [-0.4, -0.2) is 35.6 Å². The van der Waals surface area contributed by atoms with Gasteiger partial charge >= 0.3 is 12.0 Å². The lowest BCUT2D eigenvalue weighted by Crippen LogP contribution is -2.33. The molecule has 2 atom stereocenters. The largest absolute Gasteiger partial charge is 0.478 e. The van der Waals surface area contributed by atoms with E-state index in [1.165, 1.54) is 12.1 Å². The van der Waals surface area contributed by atoms with Crippen molar-refractivity contribution >= 4 is 33.6 Å². The van der Waals surface area contributed by atoms with Crippen molar-refractivity contribution < 1.29 is 14.7 Å². The first-order valence-corrected chi connectivity index (χ1v) is 7.22. The van der Waals surface area contributed by atoms with Gasteiger partial charge in [0.25, 0.3) is 0 Å². The predicted octanol–water partition coefficient (Wildman–Crippen LogP) is 3.27. The van der Waals surface area contributed by atoms with Crippen molar-refractivity contribution in [2.75, 3.05) is 18.9 Å². The van der Waals surface area contributed by atoms with Crippen LogP contribution in [0.5, 0.6) is 0 Å². The number of urea groups is 1. The predicted molar refractivity (Wildman–Crippen MR) is 80.0 cm³/mol. The molecule has 1 fully saturated rings. The highest BCUT2D eigenvalue weighted by Gasteiger charge is 2.34. The first kappa shape index (κ1) is 14.8. The van der Waals surface area contributed by atoms with Gasteiger partial charge in [-0.05, 0) is 52.4 Å². The molecule has 1 aliphatic rings. The molecular weight excluding hydrogens is 324 g/mol. The molecule has 6 heteroatoms. The summed E-state index contributed by atoms with van der Waals surface area (Å²) in [5.41, 5.74) is 0.604. The van der Waals surface area contributed by atoms with E-state index in [4.69, 9.17) is 5.11 Å². The fourth-order valence-corrected chi connectivity index (χ4v) is 2.40. The van der Waals surface area contributed by atoms with E-state index in [0.717, 1.165) is 13.0 Å². The number of hydrogen-bond acceptors (Lipinski definition) is 2. The van der Waals surface area contributed by atoms with Gasteiger partial charge in [-0.15, -0.1) is 0 Å². The second-order valence-electron chi connectivity index (χ2n) is 5.28. The van der Waals surface area contributed by atoms with Crippen LogP contribution in [0, 0.1) is 11.8 Å². The third-order valence-corrected chi connectivity index (χ3v) is 4.28. The number of rotatable bonds is 4. The van der Waals surface area contributed by atoms with Crippen LogP contribution < -0.4 is 5.32 Å². The molecule has 1 aromatic rings. The summed E-state index contributed by atoms with van der Waals surface area (Å²) in [6, 6.07) is 4.31. The Morgan fingerprint density at radius 1 is 1.50 bits per heavy atom. The average Bonchev–Trinajstić information content (AvgIpc) is 3.07. The fraction of sp³-hybridized carbons (Fsp3) is 0.429. The topological polar surface area (TPSA) is 69.6 Å². The number of amides is 2. The lowest BCUT2D eigenvalue weighted by molar-refractivity contribution is 0.0697. The first-order chi connectivity index (χ1) is 9.38. The van der Waals surface area contributed by atoms with Crippen molar-refractivity contribution in [3.63, 3.8) is 0 Å². The van der Waals surface area contributed by atoms with Gasteiger partial charge in [0.1, 0.15) is 0 Å². The zero-order valence-corrected chi connectivity index (χ0v) is 13.0. The average molecular weight is 341 g/mol. The molecule has 2 unspecified atom stereocenters. The minimum Gasteiger partial charge on any atom is -0.478 e. The molecule has 0 aliphatic heterocycles. The van der Waals surface area contributed by atoms with Crippen LogP contribution in [0.3, 0.4) is 0 Å². The Balaban J connectivity index is 2.02. The third-order valence-electron chi connectivity index (χ3n) is 3.59. The van der Waals surface area contributed by atoms with Crippen LogP contribution in [0.1, 0.15) is 23.7 Å². The zero-order chi connectivity index (χ0) is 14.9. The Bertz CT molecular complexity index is 547. The zero-order valence-electron chi connectivity index (χ0n) is 11.4. The maximum atomic E-state index is 12.1. The van der Waals surface area contributed by atoms with E-state index >= 15 is 0 Å². The van der Waals surface area contributed by atoms with Gasteiger partial charge in [-0.1, -0.05) is 6.92 Å².